The normalized spacial score (nSPS) is 16.7. The number of pyridine rings is 1. The number of carbonyl (C=O) groups excluding carboxylic acids is 1. The van der Waals surface area contributed by atoms with Crippen molar-refractivity contribution in [1.29, 1.82) is 0 Å². The van der Waals surface area contributed by atoms with E-state index in [1.807, 2.05) is 53.8 Å². The Morgan fingerprint density at radius 1 is 1.23 bits per heavy atom. The first-order valence-electron chi connectivity index (χ1n) is 9.98. The summed E-state index contributed by atoms with van der Waals surface area (Å²) in [6.45, 7) is 1.47. The maximum atomic E-state index is 11.8. The van der Waals surface area contributed by atoms with Crippen LogP contribution in [0.3, 0.4) is 0 Å². The van der Waals surface area contributed by atoms with Gasteiger partial charge in [0.2, 0.25) is 0 Å². The molecule has 2 aliphatic rings. The van der Waals surface area contributed by atoms with Crippen molar-refractivity contribution in [2.24, 2.45) is 0 Å². The van der Waals surface area contributed by atoms with Gasteiger partial charge in [-0.1, -0.05) is 6.07 Å². The van der Waals surface area contributed by atoms with Crippen LogP contribution in [-0.2, 0) is 21.5 Å². The minimum atomic E-state index is -0.270. The number of hydrogen-bond acceptors (Lipinski definition) is 7. The highest BCUT2D eigenvalue weighted by molar-refractivity contribution is 5.94. The molecule has 30 heavy (non-hydrogen) atoms. The van der Waals surface area contributed by atoms with E-state index in [-0.39, 0.29) is 11.4 Å². The van der Waals surface area contributed by atoms with Gasteiger partial charge in [0.1, 0.15) is 6.61 Å². The van der Waals surface area contributed by atoms with Gasteiger partial charge in [-0.3, -0.25) is 4.90 Å². The molecular formula is C22H24N4O4. The van der Waals surface area contributed by atoms with Crippen molar-refractivity contribution in [3.05, 3.63) is 47.3 Å². The standard InChI is InChI=1S/C22H24N4O4/c1-25(2)13-29-12-22(8-9-22)21-23-19-18(28-3)7-6-17(26(19)24-21)14-4-5-16-15(10-14)11-30-20(16)27/h4-7,10H,8-9,11-13H2,1-3H3. The van der Waals surface area contributed by atoms with Crippen LogP contribution in [0.5, 0.6) is 5.75 Å². The van der Waals surface area contributed by atoms with Crippen LogP contribution in [0.2, 0.25) is 0 Å². The molecule has 0 spiro atoms. The Morgan fingerprint density at radius 3 is 2.80 bits per heavy atom. The number of nitrogens with zero attached hydrogens (tertiary/aromatic N) is 4. The molecule has 1 aliphatic carbocycles. The van der Waals surface area contributed by atoms with Gasteiger partial charge >= 0.3 is 5.97 Å². The van der Waals surface area contributed by atoms with Gasteiger partial charge in [-0.2, -0.15) is 0 Å². The minimum absolute atomic E-state index is 0.136. The molecule has 0 bridgehead atoms. The quantitative estimate of drug-likeness (QED) is 0.439. The number of hydrogen-bond donors (Lipinski definition) is 0. The van der Waals surface area contributed by atoms with E-state index in [1.165, 1.54) is 0 Å². The molecular weight excluding hydrogens is 384 g/mol. The van der Waals surface area contributed by atoms with Crippen LogP contribution in [-0.4, -0.2) is 60.0 Å². The van der Waals surface area contributed by atoms with Gasteiger partial charge in [-0.25, -0.2) is 14.3 Å². The maximum absolute atomic E-state index is 11.8. The van der Waals surface area contributed by atoms with E-state index in [9.17, 15) is 4.79 Å². The molecule has 0 saturated heterocycles. The van der Waals surface area contributed by atoms with E-state index in [0.29, 0.717) is 36.9 Å². The van der Waals surface area contributed by atoms with E-state index in [2.05, 4.69) is 0 Å². The number of benzene rings is 1. The third-order valence-corrected chi connectivity index (χ3v) is 5.70. The average molecular weight is 408 g/mol. The lowest BCUT2D eigenvalue weighted by Crippen LogP contribution is -2.23. The Kier molecular flexibility index (Phi) is 4.48. The highest BCUT2D eigenvalue weighted by atomic mass is 16.5. The van der Waals surface area contributed by atoms with Crippen LogP contribution in [0.25, 0.3) is 16.9 Å². The number of rotatable bonds is 7. The van der Waals surface area contributed by atoms with E-state index in [1.54, 1.807) is 7.11 Å². The predicted octanol–water partition coefficient (Wildman–Crippen LogP) is 2.64. The molecule has 1 aliphatic heterocycles. The van der Waals surface area contributed by atoms with Gasteiger partial charge < -0.3 is 14.2 Å². The van der Waals surface area contributed by atoms with Crippen molar-refractivity contribution in [2.45, 2.75) is 24.9 Å². The monoisotopic (exact) mass is 408 g/mol. The Labute approximate surface area is 174 Å². The highest BCUT2D eigenvalue weighted by Crippen LogP contribution is 2.47. The van der Waals surface area contributed by atoms with Gasteiger partial charge in [-0.15, -0.1) is 5.10 Å². The fourth-order valence-electron chi connectivity index (χ4n) is 3.84. The van der Waals surface area contributed by atoms with E-state index in [0.717, 1.165) is 35.5 Å². The molecule has 0 atom stereocenters. The smallest absolute Gasteiger partial charge is 0.338 e. The first-order chi connectivity index (χ1) is 14.5. The number of cyclic esters (lactones) is 1. The minimum Gasteiger partial charge on any atom is -0.493 e. The number of fused-ring (bicyclic) bond motifs is 2. The van der Waals surface area contributed by atoms with Crippen LogP contribution in [0, 0.1) is 0 Å². The summed E-state index contributed by atoms with van der Waals surface area (Å²) in [5.74, 6) is 1.18. The fourth-order valence-corrected chi connectivity index (χ4v) is 3.84. The largest absolute Gasteiger partial charge is 0.493 e. The SMILES string of the molecule is COc1ccc(-c2ccc3c(c2)COC3=O)n2nc(C3(COCN(C)C)CC3)nc12. The zero-order valence-electron chi connectivity index (χ0n) is 17.3. The van der Waals surface area contributed by atoms with Crippen molar-refractivity contribution in [1.82, 2.24) is 19.5 Å². The molecule has 1 aromatic carbocycles. The van der Waals surface area contributed by atoms with Gasteiger partial charge in [-0.05, 0) is 51.2 Å². The average Bonchev–Trinajstić information content (AvgIpc) is 3.23. The van der Waals surface area contributed by atoms with E-state index < -0.39 is 0 Å². The maximum Gasteiger partial charge on any atom is 0.338 e. The zero-order valence-corrected chi connectivity index (χ0v) is 17.3. The summed E-state index contributed by atoms with van der Waals surface area (Å²) >= 11 is 0. The number of methoxy groups -OCH3 is 1. The molecule has 0 radical (unpaired) electrons. The molecule has 8 heteroatoms. The van der Waals surface area contributed by atoms with Crippen molar-refractivity contribution in [3.63, 3.8) is 0 Å². The number of aromatic nitrogens is 3. The van der Waals surface area contributed by atoms with Gasteiger partial charge in [0.25, 0.3) is 0 Å². The second-order valence-corrected chi connectivity index (χ2v) is 8.24. The summed E-state index contributed by atoms with van der Waals surface area (Å²) in [5, 5.41) is 4.87. The van der Waals surface area contributed by atoms with Crippen LogP contribution < -0.4 is 4.74 Å². The zero-order chi connectivity index (χ0) is 20.9. The van der Waals surface area contributed by atoms with Crippen LogP contribution in [0.1, 0.15) is 34.6 Å². The molecule has 156 valence electrons. The van der Waals surface area contributed by atoms with Crippen LogP contribution >= 0.6 is 0 Å². The molecule has 2 aromatic heterocycles. The number of esters is 1. The second kappa shape index (κ2) is 7.07. The molecule has 8 nitrogen and oxygen atoms in total. The molecule has 0 amide bonds. The molecule has 1 saturated carbocycles. The summed E-state index contributed by atoms with van der Waals surface area (Å²) in [5.41, 5.74) is 3.89. The first kappa shape index (κ1) is 19.0. The summed E-state index contributed by atoms with van der Waals surface area (Å²) in [4.78, 5) is 18.6. The first-order valence-corrected chi connectivity index (χ1v) is 9.98. The predicted molar refractivity (Wildman–Crippen MR) is 110 cm³/mol. The Morgan fingerprint density at radius 2 is 2.07 bits per heavy atom. The third-order valence-electron chi connectivity index (χ3n) is 5.70. The van der Waals surface area contributed by atoms with Crippen molar-refractivity contribution < 1.29 is 19.0 Å². The molecule has 1 fully saturated rings. The lowest BCUT2D eigenvalue weighted by atomic mass is 10.0. The Balaban J connectivity index is 1.55. The van der Waals surface area contributed by atoms with Crippen molar-refractivity contribution in [3.8, 4) is 17.0 Å². The van der Waals surface area contributed by atoms with E-state index >= 15 is 0 Å². The Hall–Kier alpha value is -2.97. The second-order valence-electron chi connectivity index (χ2n) is 8.24. The lowest BCUT2D eigenvalue weighted by Gasteiger charge is -2.14. The summed E-state index contributed by atoms with van der Waals surface area (Å²) < 4.78 is 18.4. The topological polar surface area (TPSA) is 78.2 Å². The molecule has 5 rings (SSSR count). The molecule has 0 unspecified atom stereocenters. The van der Waals surface area contributed by atoms with Crippen molar-refractivity contribution >= 4 is 11.6 Å². The van der Waals surface area contributed by atoms with Crippen LogP contribution in [0.15, 0.2) is 30.3 Å². The van der Waals surface area contributed by atoms with E-state index in [4.69, 9.17) is 24.3 Å². The van der Waals surface area contributed by atoms with Crippen molar-refractivity contribution in [2.75, 3.05) is 34.5 Å². The summed E-state index contributed by atoms with van der Waals surface area (Å²) in [6.07, 6.45) is 2.01. The molecule has 0 N–H and O–H groups in total. The van der Waals surface area contributed by atoms with Crippen LogP contribution in [0.4, 0.5) is 0 Å². The van der Waals surface area contributed by atoms with Gasteiger partial charge in [0.15, 0.2) is 17.2 Å². The molecule has 3 heterocycles. The van der Waals surface area contributed by atoms with Gasteiger partial charge in [0, 0.05) is 11.1 Å². The third kappa shape index (κ3) is 3.12. The summed E-state index contributed by atoms with van der Waals surface area (Å²) in [6, 6.07) is 9.58. The summed E-state index contributed by atoms with van der Waals surface area (Å²) in [7, 11) is 5.60. The Bertz CT molecular complexity index is 1130. The number of ether oxygens (including phenoxy) is 3. The molecule has 3 aromatic rings. The fraction of sp³-hybridized carbons (Fsp3) is 0.409. The highest BCUT2D eigenvalue weighted by Gasteiger charge is 2.48. The number of carbonyl (C=O) groups is 1. The lowest BCUT2D eigenvalue weighted by molar-refractivity contribution is 0.0415. The van der Waals surface area contributed by atoms with Gasteiger partial charge in [0.05, 0.1) is 37.1 Å².